The molecule has 0 radical (unpaired) electrons. The van der Waals surface area contributed by atoms with Crippen molar-refractivity contribution in [3.05, 3.63) is 57.6 Å². The van der Waals surface area contributed by atoms with Crippen molar-refractivity contribution in [3.63, 3.8) is 0 Å². The van der Waals surface area contributed by atoms with Gasteiger partial charge in [-0.15, -0.1) is 0 Å². The molecule has 2 nitrogen and oxygen atoms in total. The Morgan fingerprint density at radius 2 is 1.95 bits per heavy atom. The van der Waals surface area contributed by atoms with Gasteiger partial charge in [0.25, 0.3) is 0 Å². The van der Waals surface area contributed by atoms with E-state index in [0.29, 0.717) is 6.54 Å². The third-order valence-electron chi connectivity index (χ3n) is 3.58. The quantitative estimate of drug-likeness (QED) is 0.921. The molecule has 2 N–H and O–H groups in total. The molecule has 0 aromatic heterocycles. The van der Waals surface area contributed by atoms with Gasteiger partial charge < -0.3 is 10.5 Å². The van der Waals surface area contributed by atoms with Crippen molar-refractivity contribution in [2.45, 2.75) is 25.8 Å². The minimum Gasteiger partial charge on any atom is -0.457 e. The number of hydrogen-bond acceptors (Lipinski definition) is 2. The van der Waals surface area contributed by atoms with Crippen molar-refractivity contribution in [1.29, 1.82) is 0 Å². The van der Waals surface area contributed by atoms with Gasteiger partial charge in [-0.2, -0.15) is 0 Å². The molecule has 0 fully saturated rings. The van der Waals surface area contributed by atoms with Gasteiger partial charge in [0.15, 0.2) is 0 Å². The zero-order valence-corrected chi connectivity index (χ0v) is 12.2. The van der Waals surface area contributed by atoms with Gasteiger partial charge in [-0.1, -0.05) is 28.1 Å². The van der Waals surface area contributed by atoms with E-state index in [1.165, 1.54) is 24.0 Å². The first-order chi connectivity index (χ1) is 9.28. The lowest BCUT2D eigenvalue weighted by Crippen LogP contribution is -2.00. The third-order valence-corrected chi connectivity index (χ3v) is 4.32. The van der Waals surface area contributed by atoms with E-state index >= 15 is 0 Å². The van der Waals surface area contributed by atoms with Crippen LogP contribution in [0.3, 0.4) is 0 Å². The van der Waals surface area contributed by atoms with Gasteiger partial charge in [-0.25, -0.2) is 0 Å². The summed E-state index contributed by atoms with van der Waals surface area (Å²) < 4.78 is 6.99. The van der Waals surface area contributed by atoms with Gasteiger partial charge >= 0.3 is 0 Å². The molecule has 0 spiro atoms. The summed E-state index contributed by atoms with van der Waals surface area (Å²) >= 11 is 3.51. The number of fused-ring (bicyclic) bond motifs is 1. The van der Waals surface area contributed by atoms with Crippen molar-refractivity contribution in [2.24, 2.45) is 5.73 Å². The number of nitrogens with two attached hydrogens (primary N) is 1. The number of benzene rings is 2. The summed E-state index contributed by atoms with van der Waals surface area (Å²) in [6.45, 7) is 0.460. The summed E-state index contributed by atoms with van der Waals surface area (Å²) in [6.07, 6.45) is 3.61. The molecule has 0 bridgehead atoms. The fourth-order valence-electron chi connectivity index (χ4n) is 2.57. The highest BCUT2D eigenvalue weighted by Crippen LogP contribution is 2.32. The lowest BCUT2D eigenvalue weighted by molar-refractivity contribution is 0.475. The fourth-order valence-corrected chi connectivity index (χ4v) is 3.08. The maximum absolute atomic E-state index is 6.00. The first-order valence-corrected chi connectivity index (χ1v) is 7.34. The largest absolute Gasteiger partial charge is 0.457 e. The molecule has 2 aromatic rings. The molecule has 1 aliphatic carbocycles. The predicted molar refractivity (Wildman–Crippen MR) is 80.6 cm³/mol. The average Bonchev–Trinajstić information content (AvgIpc) is 2.86. The molecule has 98 valence electrons. The Morgan fingerprint density at radius 3 is 2.79 bits per heavy atom. The molecule has 0 saturated heterocycles. The highest BCUT2D eigenvalue weighted by atomic mass is 79.9. The average molecular weight is 318 g/mol. The maximum atomic E-state index is 6.00. The molecule has 3 rings (SSSR count). The van der Waals surface area contributed by atoms with Crippen molar-refractivity contribution < 1.29 is 4.74 Å². The molecule has 1 aliphatic rings. The Morgan fingerprint density at radius 1 is 1.11 bits per heavy atom. The number of rotatable bonds is 3. The topological polar surface area (TPSA) is 35.2 Å². The second-order valence-electron chi connectivity index (χ2n) is 4.81. The standard InChI is InChI=1S/C16H16BrNO/c17-15-5-2-6-16(14(15)10-18)19-13-8-7-11-3-1-4-12(11)9-13/h2,5-9H,1,3-4,10,18H2. The van der Waals surface area contributed by atoms with Gasteiger partial charge in [0.2, 0.25) is 0 Å². The second kappa shape index (κ2) is 5.35. The molecule has 19 heavy (non-hydrogen) atoms. The van der Waals surface area contributed by atoms with Crippen LogP contribution in [0, 0.1) is 0 Å². The fraction of sp³-hybridized carbons (Fsp3) is 0.250. The number of halogens is 1. The minimum atomic E-state index is 0.460. The van der Waals surface area contributed by atoms with E-state index in [1.807, 2.05) is 24.3 Å². The molecule has 3 heteroatoms. The van der Waals surface area contributed by atoms with E-state index in [1.54, 1.807) is 0 Å². The zero-order chi connectivity index (χ0) is 13.2. The van der Waals surface area contributed by atoms with Crippen molar-refractivity contribution in [2.75, 3.05) is 0 Å². The third kappa shape index (κ3) is 2.53. The summed E-state index contributed by atoms with van der Waals surface area (Å²) in [4.78, 5) is 0. The Bertz CT molecular complexity index is 610. The van der Waals surface area contributed by atoms with Crippen LogP contribution in [0.5, 0.6) is 11.5 Å². The van der Waals surface area contributed by atoms with Gasteiger partial charge in [0, 0.05) is 16.6 Å². The summed E-state index contributed by atoms with van der Waals surface area (Å²) in [5.74, 6) is 1.73. The van der Waals surface area contributed by atoms with E-state index < -0.39 is 0 Å². The lowest BCUT2D eigenvalue weighted by Gasteiger charge is -2.12. The van der Waals surface area contributed by atoms with Crippen LogP contribution in [-0.4, -0.2) is 0 Å². The molecule has 0 aliphatic heterocycles. The molecule has 0 saturated carbocycles. The summed E-state index contributed by atoms with van der Waals surface area (Å²) in [5.41, 5.74) is 9.67. The molecule has 2 aromatic carbocycles. The Kier molecular flexibility index (Phi) is 3.58. The van der Waals surface area contributed by atoms with E-state index in [-0.39, 0.29) is 0 Å². The molecule has 0 atom stereocenters. The van der Waals surface area contributed by atoms with Gasteiger partial charge in [0.1, 0.15) is 11.5 Å². The van der Waals surface area contributed by atoms with Crippen LogP contribution in [-0.2, 0) is 19.4 Å². The van der Waals surface area contributed by atoms with Crippen LogP contribution < -0.4 is 10.5 Å². The van der Waals surface area contributed by atoms with Crippen molar-refractivity contribution in [3.8, 4) is 11.5 Å². The lowest BCUT2D eigenvalue weighted by atomic mass is 10.1. The smallest absolute Gasteiger partial charge is 0.133 e. The SMILES string of the molecule is NCc1c(Br)cccc1Oc1ccc2c(c1)CCC2. The first kappa shape index (κ1) is 12.7. The van der Waals surface area contributed by atoms with Gasteiger partial charge in [0.05, 0.1) is 0 Å². The second-order valence-corrected chi connectivity index (χ2v) is 5.66. The zero-order valence-electron chi connectivity index (χ0n) is 10.7. The highest BCUT2D eigenvalue weighted by molar-refractivity contribution is 9.10. The normalized spacial score (nSPS) is 13.4. The van der Waals surface area contributed by atoms with Gasteiger partial charge in [-0.3, -0.25) is 0 Å². The van der Waals surface area contributed by atoms with Crippen molar-refractivity contribution >= 4 is 15.9 Å². The maximum Gasteiger partial charge on any atom is 0.133 e. The number of aryl methyl sites for hydroxylation is 2. The van der Waals surface area contributed by atoms with Crippen LogP contribution >= 0.6 is 15.9 Å². The molecule has 0 heterocycles. The van der Waals surface area contributed by atoms with Crippen LogP contribution in [0.2, 0.25) is 0 Å². The Labute approximate surface area is 121 Å². The first-order valence-electron chi connectivity index (χ1n) is 6.55. The molecule has 0 unspecified atom stereocenters. The molecular formula is C16H16BrNO. The Hall–Kier alpha value is -1.32. The monoisotopic (exact) mass is 317 g/mol. The van der Waals surface area contributed by atoms with E-state index in [4.69, 9.17) is 10.5 Å². The predicted octanol–water partition coefficient (Wildman–Crippen LogP) is 4.19. The minimum absolute atomic E-state index is 0.460. The molecular weight excluding hydrogens is 302 g/mol. The van der Waals surface area contributed by atoms with Crippen LogP contribution in [0.1, 0.15) is 23.1 Å². The van der Waals surface area contributed by atoms with Gasteiger partial charge in [-0.05, 0) is 54.7 Å². The molecule has 0 amide bonds. The Balaban J connectivity index is 1.91. The van der Waals surface area contributed by atoms with Crippen LogP contribution in [0.25, 0.3) is 0 Å². The number of hydrogen-bond donors (Lipinski definition) is 1. The van der Waals surface area contributed by atoms with Crippen LogP contribution in [0.15, 0.2) is 40.9 Å². The van der Waals surface area contributed by atoms with E-state index in [9.17, 15) is 0 Å². The van der Waals surface area contributed by atoms with Crippen LogP contribution in [0.4, 0.5) is 0 Å². The van der Waals surface area contributed by atoms with E-state index in [2.05, 4.69) is 28.1 Å². The highest BCUT2D eigenvalue weighted by Gasteiger charge is 2.12. The van der Waals surface area contributed by atoms with E-state index in [0.717, 1.165) is 28.0 Å². The summed E-state index contributed by atoms with van der Waals surface area (Å²) in [6, 6.07) is 12.3. The summed E-state index contributed by atoms with van der Waals surface area (Å²) in [5, 5.41) is 0. The van der Waals surface area contributed by atoms with Crippen molar-refractivity contribution in [1.82, 2.24) is 0 Å². The number of ether oxygens (including phenoxy) is 1. The summed E-state index contributed by atoms with van der Waals surface area (Å²) in [7, 11) is 0.